The number of pyridine rings is 1. The van der Waals surface area contributed by atoms with Crippen LogP contribution in [0.4, 0.5) is 0 Å². The monoisotopic (exact) mass is 395 g/mol. The summed E-state index contributed by atoms with van der Waals surface area (Å²) in [5.41, 5.74) is 8.76. The van der Waals surface area contributed by atoms with Gasteiger partial charge in [-0.3, -0.25) is 9.78 Å². The Kier molecular flexibility index (Phi) is 5.48. The van der Waals surface area contributed by atoms with Crippen LogP contribution < -0.4 is 5.43 Å². The second kappa shape index (κ2) is 8.53. The first-order valence-electron chi connectivity index (χ1n) is 9.59. The molecule has 4 rings (SSSR count). The van der Waals surface area contributed by atoms with Crippen LogP contribution in [0.3, 0.4) is 0 Å². The van der Waals surface area contributed by atoms with Crippen molar-refractivity contribution < 1.29 is 4.79 Å². The third kappa shape index (κ3) is 4.17. The van der Waals surface area contributed by atoms with Crippen molar-refractivity contribution in [2.45, 2.75) is 13.8 Å². The van der Waals surface area contributed by atoms with E-state index in [1.807, 2.05) is 47.3 Å². The molecule has 2 aromatic carbocycles. The SMILES string of the molecule is Cc1ccc(-c2nn(-c3ccccc3)cc2/C=N\NC(=O)c2ccccn2)cc1C. The van der Waals surface area contributed by atoms with Gasteiger partial charge < -0.3 is 0 Å². The number of aryl methyl sites for hydroxylation is 2. The maximum absolute atomic E-state index is 12.2. The normalized spacial score (nSPS) is 11.0. The van der Waals surface area contributed by atoms with Crippen LogP contribution in [-0.4, -0.2) is 26.9 Å². The molecule has 0 radical (unpaired) electrons. The minimum absolute atomic E-state index is 0.309. The number of amides is 1. The number of rotatable bonds is 5. The third-order valence-electron chi connectivity index (χ3n) is 4.81. The molecule has 6 nitrogen and oxygen atoms in total. The van der Waals surface area contributed by atoms with Crippen LogP contribution in [-0.2, 0) is 0 Å². The van der Waals surface area contributed by atoms with Gasteiger partial charge in [0.15, 0.2) is 0 Å². The third-order valence-corrected chi connectivity index (χ3v) is 4.81. The fourth-order valence-corrected chi connectivity index (χ4v) is 3.02. The second-order valence-electron chi connectivity index (χ2n) is 6.93. The molecule has 0 unspecified atom stereocenters. The van der Waals surface area contributed by atoms with Crippen LogP contribution in [0.2, 0.25) is 0 Å². The summed E-state index contributed by atoms with van der Waals surface area (Å²) in [6.07, 6.45) is 5.08. The number of hydrazone groups is 1. The Hall–Kier alpha value is -4.06. The summed E-state index contributed by atoms with van der Waals surface area (Å²) >= 11 is 0. The number of hydrogen-bond acceptors (Lipinski definition) is 4. The minimum Gasteiger partial charge on any atom is -0.266 e. The van der Waals surface area contributed by atoms with Gasteiger partial charge in [0.1, 0.15) is 11.4 Å². The molecule has 1 amide bonds. The first-order valence-corrected chi connectivity index (χ1v) is 9.59. The number of nitrogens with zero attached hydrogens (tertiary/aromatic N) is 4. The van der Waals surface area contributed by atoms with E-state index >= 15 is 0 Å². The summed E-state index contributed by atoms with van der Waals surface area (Å²) in [6.45, 7) is 4.16. The molecule has 0 aliphatic heterocycles. The lowest BCUT2D eigenvalue weighted by Crippen LogP contribution is -2.18. The number of nitrogens with one attached hydrogen (secondary N) is 1. The molecule has 0 spiro atoms. The Balaban J connectivity index is 1.67. The van der Waals surface area contributed by atoms with E-state index in [1.54, 1.807) is 30.6 Å². The zero-order chi connectivity index (χ0) is 20.9. The molecule has 0 bridgehead atoms. The van der Waals surface area contributed by atoms with Gasteiger partial charge in [-0.05, 0) is 55.3 Å². The molecule has 0 fully saturated rings. The number of para-hydroxylation sites is 1. The molecule has 0 saturated carbocycles. The number of hydrogen-bond donors (Lipinski definition) is 1. The first kappa shape index (κ1) is 19.3. The van der Waals surface area contributed by atoms with Crippen molar-refractivity contribution in [3.05, 3.63) is 102 Å². The lowest BCUT2D eigenvalue weighted by atomic mass is 10.0. The van der Waals surface area contributed by atoms with Crippen LogP contribution in [0.1, 0.15) is 27.2 Å². The van der Waals surface area contributed by atoms with E-state index < -0.39 is 0 Å². The fraction of sp³-hybridized carbons (Fsp3) is 0.0833. The minimum atomic E-state index is -0.366. The van der Waals surface area contributed by atoms with Gasteiger partial charge in [-0.1, -0.05) is 36.4 Å². The molecule has 4 aromatic rings. The molecule has 30 heavy (non-hydrogen) atoms. The van der Waals surface area contributed by atoms with E-state index in [2.05, 4.69) is 41.5 Å². The van der Waals surface area contributed by atoms with E-state index in [0.29, 0.717) is 5.69 Å². The Labute approximate surface area is 174 Å². The molecular weight excluding hydrogens is 374 g/mol. The zero-order valence-electron chi connectivity index (χ0n) is 16.8. The number of aromatic nitrogens is 3. The van der Waals surface area contributed by atoms with Gasteiger partial charge in [0.05, 0.1) is 11.9 Å². The fourth-order valence-electron chi connectivity index (χ4n) is 3.02. The smallest absolute Gasteiger partial charge is 0.266 e. The largest absolute Gasteiger partial charge is 0.289 e. The van der Waals surface area contributed by atoms with Crippen molar-refractivity contribution in [2.75, 3.05) is 0 Å². The molecule has 2 aromatic heterocycles. The molecule has 0 aliphatic rings. The van der Waals surface area contributed by atoms with E-state index in [0.717, 1.165) is 22.5 Å². The summed E-state index contributed by atoms with van der Waals surface area (Å²) < 4.78 is 1.81. The Bertz CT molecular complexity index is 1200. The highest BCUT2D eigenvalue weighted by Crippen LogP contribution is 2.25. The van der Waals surface area contributed by atoms with E-state index in [4.69, 9.17) is 5.10 Å². The quantitative estimate of drug-likeness (QED) is 0.404. The zero-order valence-corrected chi connectivity index (χ0v) is 16.8. The van der Waals surface area contributed by atoms with Gasteiger partial charge in [0.25, 0.3) is 5.91 Å². The van der Waals surface area contributed by atoms with Crippen LogP contribution in [0, 0.1) is 13.8 Å². The number of benzene rings is 2. The molecule has 148 valence electrons. The molecule has 1 N–H and O–H groups in total. The van der Waals surface area contributed by atoms with E-state index in [-0.39, 0.29) is 5.91 Å². The molecule has 0 atom stereocenters. The van der Waals surface area contributed by atoms with E-state index in [1.165, 1.54) is 11.1 Å². The van der Waals surface area contributed by atoms with Gasteiger partial charge in [-0.25, -0.2) is 10.1 Å². The summed E-state index contributed by atoms with van der Waals surface area (Å²) in [5, 5.41) is 8.91. The van der Waals surface area contributed by atoms with Crippen molar-refractivity contribution in [1.29, 1.82) is 0 Å². The number of carbonyl (C=O) groups is 1. The summed E-state index contributed by atoms with van der Waals surface area (Å²) in [6, 6.07) is 21.3. The maximum atomic E-state index is 12.2. The van der Waals surface area contributed by atoms with Crippen LogP contribution in [0.5, 0.6) is 0 Å². The van der Waals surface area contributed by atoms with Crippen molar-refractivity contribution in [3.8, 4) is 16.9 Å². The second-order valence-corrected chi connectivity index (χ2v) is 6.93. The average molecular weight is 395 g/mol. The highest BCUT2D eigenvalue weighted by Gasteiger charge is 2.12. The predicted molar refractivity (Wildman–Crippen MR) is 118 cm³/mol. The molecular formula is C24H21N5O. The van der Waals surface area contributed by atoms with Crippen molar-refractivity contribution in [3.63, 3.8) is 0 Å². The van der Waals surface area contributed by atoms with Gasteiger partial charge >= 0.3 is 0 Å². The lowest BCUT2D eigenvalue weighted by Gasteiger charge is -2.04. The number of carbonyl (C=O) groups excluding carboxylic acids is 1. The maximum Gasteiger partial charge on any atom is 0.289 e. The molecule has 2 heterocycles. The Morgan fingerprint density at radius 1 is 1.00 bits per heavy atom. The summed E-state index contributed by atoms with van der Waals surface area (Å²) in [5.74, 6) is -0.366. The van der Waals surface area contributed by atoms with Crippen molar-refractivity contribution in [1.82, 2.24) is 20.2 Å². The van der Waals surface area contributed by atoms with E-state index in [9.17, 15) is 4.79 Å². The van der Waals surface area contributed by atoms with Crippen LogP contribution in [0.15, 0.2) is 84.2 Å². The standard InChI is InChI=1S/C24H21N5O/c1-17-11-12-19(14-18(17)2)23-20(16-29(28-23)21-8-4-3-5-9-21)15-26-27-24(30)22-10-6-7-13-25-22/h3-16H,1-2H3,(H,27,30)/b26-15-. The highest BCUT2D eigenvalue weighted by molar-refractivity contribution is 5.94. The van der Waals surface area contributed by atoms with Crippen LogP contribution in [0.25, 0.3) is 16.9 Å². The average Bonchev–Trinajstić information content (AvgIpc) is 3.21. The highest BCUT2D eigenvalue weighted by atomic mass is 16.2. The summed E-state index contributed by atoms with van der Waals surface area (Å²) in [7, 11) is 0. The van der Waals surface area contributed by atoms with Gasteiger partial charge in [0.2, 0.25) is 0 Å². The molecule has 0 saturated heterocycles. The Morgan fingerprint density at radius 2 is 1.80 bits per heavy atom. The first-order chi connectivity index (χ1) is 14.6. The van der Waals surface area contributed by atoms with Gasteiger partial charge in [0, 0.05) is 23.5 Å². The van der Waals surface area contributed by atoms with Crippen molar-refractivity contribution >= 4 is 12.1 Å². The molecule has 6 heteroatoms. The molecule has 0 aliphatic carbocycles. The lowest BCUT2D eigenvalue weighted by molar-refractivity contribution is 0.0950. The van der Waals surface area contributed by atoms with Gasteiger partial charge in [-0.15, -0.1) is 0 Å². The van der Waals surface area contributed by atoms with Crippen LogP contribution >= 0.6 is 0 Å². The van der Waals surface area contributed by atoms with Gasteiger partial charge in [-0.2, -0.15) is 10.2 Å². The van der Waals surface area contributed by atoms with Crippen molar-refractivity contribution in [2.24, 2.45) is 5.10 Å². The Morgan fingerprint density at radius 3 is 2.53 bits per heavy atom. The topological polar surface area (TPSA) is 72.2 Å². The predicted octanol–water partition coefficient (Wildman–Crippen LogP) is 4.32. The summed E-state index contributed by atoms with van der Waals surface area (Å²) in [4.78, 5) is 16.2.